The Morgan fingerprint density at radius 2 is 1.81 bits per heavy atom. The van der Waals surface area contributed by atoms with E-state index in [1.807, 2.05) is 54.0 Å². The van der Waals surface area contributed by atoms with Gasteiger partial charge in [-0.15, -0.1) is 10.2 Å². The number of carbonyl (C=O) groups excluding carboxylic acids is 1. The number of amides is 1. The SMILES string of the molecule is COc1ccc(NC(=O)CSc2nnc(-c3cccc(C)c3)n2-c2ccc(Cl)cc2)cc1. The van der Waals surface area contributed by atoms with Gasteiger partial charge in [-0.25, -0.2) is 0 Å². The minimum atomic E-state index is -0.136. The molecule has 0 saturated carbocycles. The fraction of sp³-hybridized carbons (Fsp3) is 0.125. The number of halogens is 1. The fourth-order valence-corrected chi connectivity index (χ4v) is 4.04. The lowest BCUT2D eigenvalue weighted by molar-refractivity contribution is -0.113. The number of thioether (sulfide) groups is 1. The van der Waals surface area contributed by atoms with E-state index in [1.54, 1.807) is 31.4 Å². The van der Waals surface area contributed by atoms with Gasteiger partial charge in [-0.05, 0) is 61.5 Å². The minimum Gasteiger partial charge on any atom is -0.497 e. The van der Waals surface area contributed by atoms with E-state index in [2.05, 4.69) is 21.6 Å². The van der Waals surface area contributed by atoms with Gasteiger partial charge in [0.25, 0.3) is 0 Å². The van der Waals surface area contributed by atoms with Crippen LogP contribution in [0.25, 0.3) is 17.1 Å². The molecule has 0 spiro atoms. The maximum atomic E-state index is 12.5. The van der Waals surface area contributed by atoms with Gasteiger partial charge in [0.15, 0.2) is 11.0 Å². The van der Waals surface area contributed by atoms with Gasteiger partial charge >= 0.3 is 0 Å². The van der Waals surface area contributed by atoms with E-state index in [0.29, 0.717) is 21.7 Å². The van der Waals surface area contributed by atoms with Crippen LogP contribution < -0.4 is 10.1 Å². The predicted molar refractivity (Wildman–Crippen MR) is 129 cm³/mol. The molecule has 1 aromatic heterocycles. The number of nitrogens with zero attached hydrogens (tertiary/aromatic N) is 3. The van der Waals surface area contributed by atoms with Crippen molar-refractivity contribution in [2.75, 3.05) is 18.2 Å². The number of aromatic nitrogens is 3. The van der Waals surface area contributed by atoms with E-state index in [4.69, 9.17) is 16.3 Å². The molecule has 0 aliphatic carbocycles. The summed E-state index contributed by atoms with van der Waals surface area (Å²) < 4.78 is 7.09. The molecule has 162 valence electrons. The number of carbonyl (C=O) groups is 1. The topological polar surface area (TPSA) is 69.0 Å². The second kappa shape index (κ2) is 9.89. The van der Waals surface area contributed by atoms with Crippen LogP contribution in [0.4, 0.5) is 5.69 Å². The summed E-state index contributed by atoms with van der Waals surface area (Å²) in [5.41, 5.74) is 3.65. The Balaban J connectivity index is 1.57. The molecule has 0 fully saturated rings. The molecule has 0 bridgehead atoms. The van der Waals surface area contributed by atoms with E-state index >= 15 is 0 Å². The van der Waals surface area contributed by atoms with Crippen LogP contribution >= 0.6 is 23.4 Å². The lowest BCUT2D eigenvalue weighted by Crippen LogP contribution is -2.14. The molecule has 3 aromatic carbocycles. The molecule has 0 radical (unpaired) electrons. The van der Waals surface area contributed by atoms with E-state index < -0.39 is 0 Å². The summed E-state index contributed by atoms with van der Waals surface area (Å²) >= 11 is 7.40. The summed E-state index contributed by atoms with van der Waals surface area (Å²) in [6.07, 6.45) is 0. The number of hydrogen-bond acceptors (Lipinski definition) is 5. The Labute approximate surface area is 195 Å². The smallest absolute Gasteiger partial charge is 0.234 e. The normalized spacial score (nSPS) is 10.7. The van der Waals surface area contributed by atoms with Crippen LogP contribution in [0.5, 0.6) is 5.75 Å². The van der Waals surface area contributed by atoms with Crippen molar-refractivity contribution in [3.8, 4) is 22.8 Å². The first-order chi connectivity index (χ1) is 15.5. The summed E-state index contributed by atoms with van der Waals surface area (Å²) in [4.78, 5) is 12.5. The Morgan fingerprint density at radius 3 is 2.50 bits per heavy atom. The zero-order chi connectivity index (χ0) is 22.5. The van der Waals surface area contributed by atoms with Crippen LogP contribution in [0.3, 0.4) is 0 Å². The van der Waals surface area contributed by atoms with Gasteiger partial charge in [-0.2, -0.15) is 0 Å². The van der Waals surface area contributed by atoms with Gasteiger partial charge in [-0.1, -0.05) is 47.1 Å². The molecule has 1 N–H and O–H groups in total. The van der Waals surface area contributed by atoms with Crippen molar-refractivity contribution in [2.45, 2.75) is 12.1 Å². The third-order valence-corrected chi connectivity index (χ3v) is 5.88. The molecule has 0 atom stereocenters. The van der Waals surface area contributed by atoms with Crippen LogP contribution in [-0.4, -0.2) is 33.5 Å². The molecule has 0 unspecified atom stereocenters. The van der Waals surface area contributed by atoms with Crippen molar-refractivity contribution >= 4 is 35.0 Å². The van der Waals surface area contributed by atoms with Gasteiger partial charge in [0.05, 0.1) is 12.9 Å². The number of ether oxygens (including phenoxy) is 1. The Hall–Kier alpha value is -3.29. The van der Waals surface area contributed by atoms with E-state index in [9.17, 15) is 4.79 Å². The first-order valence-corrected chi connectivity index (χ1v) is 11.2. The maximum absolute atomic E-state index is 12.5. The third kappa shape index (κ3) is 5.12. The monoisotopic (exact) mass is 464 g/mol. The summed E-state index contributed by atoms with van der Waals surface area (Å²) in [6, 6.07) is 22.7. The molecule has 4 rings (SSSR count). The van der Waals surface area contributed by atoms with Crippen molar-refractivity contribution < 1.29 is 9.53 Å². The molecule has 6 nitrogen and oxygen atoms in total. The summed E-state index contributed by atoms with van der Waals surface area (Å²) in [5, 5.41) is 12.9. The lowest BCUT2D eigenvalue weighted by atomic mass is 10.1. The fourth-order valence-electron chi connectivity index (χ4n) is 3.16. The third-order valence-electron chi connectivity index (χ3n) is 4.70. The maximum Gasteiger partial charge on any atom is 0.234 e. The number of hydrogen-bond donors (Lipinski definition) is 1. The van der Waals surface area contributed by atoms with Crippen LogP contribution in [-0.2, 0) is 4.79 Å². The number of nitrogens with one attached hydrogen (secondary N) is 1. The average Bonchev–Trinajstić information content (AvgIpc) is 3.23. The van der Waals surface area contributed by atoms with Crippen LogP contribution in [0.1, 0.15) is 5.56 Å². The van der Waals surface area contributed by atoms with Crippen molar-refractivity contribution in [2.24, 2.45) is 0 Å². The minimum absolute atomic E-state index is 0.136. The zero-order valence-electron chi connectivity index (χ0n) is 17.6. The number of rotatable bonds is 7. The Morgan fingerprint density at radius 1 is 1.06 bits per heavy atom. The van der Waals surface area contributed by atoms with Gasteiger partial charge in [0.2, 0.25) is 5.91 Å². The molecular weight excluding hydrogens is 444 g/mol. The number of anilines is 1. The van der Waals surface area contributed by atoms with Gasteiger partial charge in [-0.3, -0.25) is 9.36 Å². The highest BCUT2D eigenvalue weighted by molar-refractivity contribution is 7.99. The van der Waals surface area contributed by atoms with Crippen molar-refractivity contribution in [1.29, 1.82) is 0 Å². The highest BCUT2D eigenvalue weighted by Crippen LogP contribution is 2.29. The summed E-state index contributed by atoms with van der Waals surface area (Å²) in [7, 11) is 1.60. The molecule has 1 amide bonds. The van der Waals surface area contributed by atoms with Gasteiger partial charge in [0.1, 0.15) is 5.75 Å². The predicted octanol–water partition coefficient (Wildman–Crippen LogP) is 5.64. The first kappa shape index (κ1) is 21.9. The molecule has 0 saturated heterocycles. The zero-order valence-corrected chi connectivity index (χ0v) is 19.2. The number of methoxy groups -OCH3 is 1. The molecular formula is C24H21ClN4O2S. The largest absolute Gasteiger partial charge is 0.497 e. The number of aryl methyl sites for hydroxylation is 1. The van der Waals surface area contributed by atoms with Crippen molar-refractivity contribution in [3.63, 3.8) is 0 Å². The second-order valence-corrected chi connectivity index (χ2v) is 8.43. The number of benzene rings is 3. The molecule has 1 heterocycles. The van der Waals surface area contributed by atoms with Crippen LogP contribution in [0, 0.1) is 6.92 Å². The van der Waals surface area contributed by atoms with Gasteiger partial charge in [0, 0.05) is 22.0 Å². The van der Waals surface area contributed by atoms with E-state index in [0.717, 1.165) is 22.6 Å². The highest BCUT2D eigenvalue weighted by atomic mass is 35.5. The molecule has 4 aromatic rings. The highest BCUT2D eigenvalue weighted by Gasteiger charge is 2.17. The van der Waals surface area contributed by atoms with Gasteiger partial charge < -0.3 is 10.1 Å². The Bertz CT molecular complexity index is 1220. The van der Waals surface area contributed by atoms with E-state index in [-0.39, 0.29) is 11.7 Å². The first-order valence-electron chi connectivity index (χ1n) is 9.88. The average molecular weight is 465 g/mol. The summed E-state index contributed by atoms with van der Waals surface area (Å²) in [6.45, 7) is 2.03. The molecule has 8 heteroatoms. The van der Waals surface area contributed by atoms with E-state index in [1.165, 1.54) is 11.8 Å². The summed E-state index contributed by atoms with van der Waals surface area (Å²) in [5.74, 6) is 1.49. The van der Waals surface area contributed by atoms with Crippen LogP contribution in [0.2, 0.25) is 5.02 Å². The molecule has 0 aliphatic heterocycles. The van der Waals surface area contributed by atoms with Crippen LogP contribution in [0.15, 0.2) is 78.0 Å². The standard InChI is InChI=1S/C24H21ClN4O2S/c1-16-4-3-5-17(14-16)23-27-28-24(29(23)20-10-6-18(25)7-11-20)32-15-22(30)26-19-8-12-21(31-2)13-9-19/h3-14H,15H2,1-2H3,(H,26,30). The Kier molecular flexibility index (Phi) is 6.78. The second-order valence-electron chi connectivity index (χ2n) is 7.05. The lowest BCUT2D eigenvalue weighted by Gasteiger charge is -2.11. The van der Waals surface area contributed by atoms with Crippen molar-refractivity contribution in [1.82, 2.24) is 14.8 Å². The quantitative estimate of drug-likeness (QED) is 0.359. The molecule has 0 aliphatic rings. The van der Waals surface area contributed by atoms with Crippen molar-refractivity contribution in [3.05, 3.63) is 83.4 Å². The molecule has 32 heavy (non-hydrogen) atoms.